The molecule has 6 heteroatoms. The molecule has 0 bridgehead atoms. The van der Waals surface area contributed by atoms with Crippen LogP contribution in [0.4, 0.5) is 13.2 Å². The zero-order valence-corrected chi connectivity index (χ0v) is 8.69. The van der Waals surface area contributed by atoms with Crippen molar-refractivity contribution < 1.29 is 13.2 Å². The van der Waals surface area contributed by atoms with Crippen LogP contribution in [0.3, 0.4) is 0 Å². The molecule has 1 rings (SSSR count). The van der Waals surface area contributed by atoms with Crippen molar-refractivity contribution in [2.24, 2.45) is 10.9 Å². The number of thioether (sulfide) groups is 1. The summed E-state index contributed by atoms with van der Waals surface area (Å²) < 4.78 is 37.7. The standard InChI is InChI=1S/C9H9F3N2S/c1-15-7-3-2-6(5-14-13)8(4-7)9(10,11)12/h2-5H,13H2,1H3. The summed E-state index contributed by atoms with van der Waals surface area (Å²) in [6.45, 7) is 0. The van der Waals surface area contributed by atoms with Crippen molar-refractivity contribution in [3.05, 3.63) is 29.3 Å². The van der Waals surface area contributed by atoms with Crippen LogP contribution in [0.25, 0.3) is 0 Å². The van der Waals surface area contributed by atoms with E-state index in [2.05, 4.69) is 5.10 Å². The quantitative estimate of drug-likeness (QED) is 0.370. The van der Waals surface area contributed by atoms with Gasteiger partial charge < -0.3 is 5.84 Å². The maximum absolute atomic E-state index is 12.6. The molecule has 15 heavy (non-hydrogen) atoms. The number of alkyl halides is 3. The highest BCUT2D eigenvalue weighted by molar-refractivity contribution is 7.98. The molecule has 0 fully saturated rings. The number of hydrazone groups is 1. The number of hydrogen-bond acceptors (Lipinski definition) is 3. The molecule has 0 radical (unpaired) electrons. The van der Waals surface area contributed by atoms with E-state index in [9.17, 15) is 13.2 Å². The van der Waals surface area contributed by atoms with E-state index >= 15 is 0 Å². The molecule has 0 saturated heterocycles. The first-order chi connectivity index (χ1) is 6.99. The minimum absolute atomic E-state index is 0.0252. The van der Waals surface area contributed by atoms with Gasteiger partial charge in [0.1, 0.15) is 0 Å². The van der Waals surface area contributed by atoms with Crippen LogP contribution < -0.4 is 5.84 Å². The third kappa shape index (κ3) is 2.89. The molecule has 0 spiro atoms. The largest absolute Gasteiger partial charge is 0.417 e. The van der Waals surface area contributed by atoms with Gasteiger partial charge in [0, 0.05) is 10.5 Å². The molecule has 1 aromatic carbocycles. The Morgan fingerprint density at radius 2 is 2.07 bits per heavy atom. The predicted octanol–water partition coefficient (Wildman–Crippen LogP) is 2.72. The molecule has 82 valence electrons. The van der Waals surface area contributed by atoms with Gasteiger partial charge in [0.25, 0.3) is 0 Å². The summed E-state index contributed by atoms with van der Waals surface area (Å²) >= 11 is 1.25. The minimum atomic E-state index is -4.39. The molecule has 0 aliphatic carbocycles. The Morgan fingerprint density at radius 3 is 2.53 bits per heavy atom. The number of benzene rings is 1. The van der Waals surface area contributed by atoms with Crippen molar-refractivity contribution in [1.82, 2.24) is 0 Å². The molecule has 1 aromatic rings. The Morgan fingerprint density at radius 1 is 1.40 bits per heavy atom. The van der Waals surface area contributed by atoms with E-state index in [1.54, 1.807) is 12.3 Å². The van der Waals surface area contributed by atoms with Crippen molar-refractivity contribution in [3.8, 4) is 0 Å². The summed E-state index contributed by atoms with van der Waals surface area (Å²) in [7, 11) is 0. The maximum Gasteiger partial charge on any atom is 0.417 e. The molecule has 0 unspecified atom stereocenters. The topological polar surface area (TPSA) is 38.4 Å². The average Bonchev–Trinajstić information content (AvgIpc) is 2.17. The Kier molecular flexibility index (Phi) is 3.62. The number of rotatable bonds is 2. The second-order valence-corrected chi connectivity index (χ2v) is 3.61. The highest BCUT2D eigenvalue weighted by Crippen LogP contribution is 2.33. The van der Waals surface area contributed by atoms with Gasteiger partial charge in [-0.25, -0.2) is 0 Å². The SMILES string of the molecule is CSc1ccc(C=NN)c(C(F)(F)F)c1. The molecule has 0 aromatic heterocycles. The summed E-state index contributed by atoms with van der Waals surface area (Å²) in [5.74, 6) is 4.84. The van der Waals surface area contributed by atoms with Crippen molar-refractivity contribution in [2.75, 3.05) is 6.26 Å². The first kappa shape index (κ1) is 11.9. The van der Waals surface area contributed by atoms with Gasteiger partial charge >= 0.3 is 6.18 Å². The van der Waals surface area contributed by atoms with Crippen molar-refractivity contribution in [2.45, 2.75) is 11.1 Å². The molecule has 0 aliphatic rings. The van der Waals surface area contributed by atoms with Gasteiger partial charge in [-0.15, -0.1) is 11.8 Å². The van der Waals surface area contributed by atoms with Crippen LogP contribution in [0.1, 0.15) is 11.1 Å². The number of halogens is 3. The summed E-state index contributed by atoms with van der Waals surface area (Å²) in [6, 6.07) is 4.03. The lowest BCUT2D eigenvalue weighted by molar-refractivity contribution is -0.137. The van der Waals surface area contributed by atoms with Crippen LogP contribution in [0.15, 0.2) is 28.2 Å². The van der Waals surface area contributed by atoms with E-state index in [4.69, 9.17) is 5.84 Å². The highest BCUT2D eigenvalue weighted by Gasteiger charge is 2.33. The second-order valence-electron chi connectivity index (χ2n) is 2.73. The van der Waals surface area contributed by atoms with Gasteiger partial charge in [-0.1, -0.05) is 6.07 Å². The molecule has 0 saturated carbocycles. The Bertz CT molecular complexity index is 374. The van der Waals surface area contributed by atoms with Crippen LogP contribution in [-0.4, -0.2) is 12.5 Å². The van der Waals surface area contributed by atoms with E-state index in [1.165, 1.54) is 17.8 Å². The monoisotopic (exact) mass is 234 g/mol. The van der Waals surface area contributed by atoms with Crippen LogP contribution >= 0.6 is 11.8 Å². The fourth-order valence-electron chi connectivity index (χ4n) is 1.10. The lowest BCUT2D eigenvalue weighted by Gasteiger charge is -2.10. The third-order valence-corrected chi connectivity index (χ3v) is 2.50. The van der Waals surface area contributed by atoms with E-state index in [-0.39, 0.29) is 5.56 Å². The maximum atomic E-state index is 12.6. The van der Waals surface area contributed by atoms with Crippen LogP contribution in [0.2, 0.25) is 0 Å². The molecule has 0 amide bonds. The minimum Gasteiger partial charge on any atom is -0.323 e. The van der Waals surface area contributed by atoms with Crippen LogP contribution in [-0.2, 0) is 6.18 Å². The summed E-state index contributed by atoms with van der Waals surface area (Å²) in [6.07, 6.45) is -1.68. The molecule has 2 N–H and O–H groups in total. The van der Waals surface area contributed by atoms with E-state index in [0.717, 1.165) is 12.3 Å². The highest BCUT2D eigenvalue weighted by atomic mass is 32.2. The summed E-state index contributed by atoms with van der Waals surface area (Å²) in [4.78, 5) is 0.552. The van der Waals surface area contributed by atoms with Gasteiger partial charge in [0.05, 0.1) is 11.8 Å². The first-order valence-electron chi connectivity index (χ1n) is 3.97. The lowest BCUT2D eigenvalue weighted by Crippen LogP contribution is -2.09. The average molecular weight is 234 g/mol. The zero-order valence-electron chi connectivity index (χ0n) is 7.88. The van der Waals surface area contributed by atoms with E-state index in [0.29, 0.717) is 4.90 Å². The van der Waals surface area contributed by atoms with Gasteiger partial charge in [-0.2, -0.15) is 18.3 Å². The van der Waals surface area contributed by atoms with Crippen molar-refractivity contribution in [3.63, 3.8) is 0 Å². The fraction of sp³-hybridized carbons (Fsp3) is 0.222. The zero-order chi connectivity index (χ0) is 11.5. The summed E-state index contributed by atoms with van der Waals surface area (Å²) in [5, 5.41) is 3.10. The van der Waals surface area contributed by atoms with E-state index in [1.807, 2.05) is 0 Å². The number of hydrogen-bond donors (Lipinski definition) is 1. The molecular weight excluding hydrogens is 225 g/mol. The van der Waals surface area contributed by atoms with Crippen LogP contribution in [0.5, 0.6) is 0 Å². The Labute approximate surface area is 89.4 Å². The summed E-state index contributed by atoms with van der Waals surface area (Å²) in [5.41, 5.74) is -0.744. The smallest absolute Gasteiger partial charge is 0.323 e. The lowest BCUT2D eigenvalue weighted by atomic mass is 10.1. The van der Waals surface area contributed by atoms with Gasteiger partial charge in [0.2, 0.25) is 0 Å². The Balaban J connectivity index is 3.29. The molecule has 0 atom stereocenters. The second kappa shape index (κ2) is 4.57. The van der Waals surface area contributed by atoms with Gasteiger partial charge in [0.15, 0.2) is 0 Å². The van der Waals surface area contributed by atoms with Gasteiger partial charge in [-0.3, -0.25) is 0 Å². The van der Waals surface area contributed by atoms with Crippen molar-refractivity contribution in [1.29, 1.82) is 0 Å². The molecule has 0 heterocycles. The van der Waals surface area contributed by atoms with E-state index < -0.39 is 11.7 Å². The third-order valence-electron chi connectivity index (χ3n) is 1.78. The predicted molar refractivity (Wildman–Crippen MR) is 55.0 cm³/mol. The number of nitrogens with zero attached hydrogens (tertiary/aromatic N) is 1. The fourth-order valence-corrected chi connectivity index (χ4v) is 1.54. The Hall–Kier alpha value is -1.17. The van der Waals surface area contributed by atoms with Crippen molar-refractivity contribution >= 4 is 18.0 Å². The molecular formula is C9H9F3N2S. The molecule has 0 aliphatic heterocycles. The first-order valence-corrected chi connectivity index (χ1v) is 5.20. The van der Waals surface area contributed by atoms with Gasteiger partial charge in [-0.05, 0) is 18.4 Å². The van der Waals surface area contributed by atoms with Crippen LogP contribution in [0, 0.1) is 0 Å². The molecule has 2 nitrogen and oxygen atoms in total. The number of nitrogens with two attached hydrogens (primary N) is 1. The normalized spacial score (nSPS) is 12.3.